The first kappa shape index (κ1) is 9.85. The molecular weight excluding hydrogens is 217 g/mol. The van der Waals surface area contributed by atoms with Crippen LogP contribution in [0.4, 0.5) is 5.69 Å². The Morgan fingerprint density at radius 2 is 2.07 bits per heavy atom. The van der Waals surface area contributed by atoms with Crippen molar-refractivity contribution in [1.29, 1.82) is 0 Å². The number of fused-ring (bicyclic) bond motifs is 1. The van der Waals surface area contributed by atoms with E-state index in [1.165, 1.54) is 11.3 Å². The van der Waals surface area contributed by atoms with Crippen LogP contribution in [-0.4, -0.2) is 17.2 Å². The molecule has 0 amide bonds. The van der Waals surface area contributed by atoms with Crippen LogP contribution >= 0.6 is 24.0 Å². The standard InChI is InChI=1S/C8H8BNO2S2/c10-7-6-4(13)2-1-3-5(6)14-8(7)9(11)12/h1-3,11-13H,10H2. The van der Waals surface area contributed by atoms with E-state index < -0.39 is 7.12 Å². The predicted molar refractivity (Wildman–Crippen MR) is 63.3 cm³/mol. The third kappa shape index (κ3) is 1.40. The van der Waals surface area contributed by atoms with Crippen molar-refractivity contribution < 1.29 is 10.0 Å². The van der Waals surface area contributed by atoms with Crippen LogP contribution in [0.3, 0.4) is 0 Å². The Labute approximate surface area is 90.7 Å². The van der Waals surface area contributed by atoms with Crippen molar-refractivity contribution in [3.05, 3.63) is 18.2 Å². The summed E-state index contributed by atoms with van der Waals surface area (Å²) < 4.78 is 1.29. The predicted octanol–water partition coefficient (Wildman–Crippen LogP) is 0.452. The smallest absolute Gasteiger partial charge is 0.423 e. The number of rotatable bonds is 1. The highest BCUT2D eigenvalue weighted by Gasteiger charge is 2.20. The minimum absolute atomic E-state index is 0.376. The topological polar surface area (TPSA) is 66.5 Å². The van der Waals surface area contributed by atoms with Gasteiger partial charge in [-0.15, -0.1) is 24.0 Å². The summed E-state index contributed by atoms with van der Waals surface area (Å²) in [6, 6.07) is 5.55. The van der Waals surface area contributed by atoms with E-state index in [4.69, 9.17) is 15.8 Å². The second-order valence-electron chi connectivity index (χ2n) is 2.90. The van der Waals surface area contributed by atoms with Crippen LogP contribution in [0.1, 0.15) is 0 Å². The fourth-order valence-electron chi connectivity index (χ4n) is 1.36. The highest BCUT2D eigenvalue weighted by molar-refractivity contribution is 7.80. The van der Waals surface area contributed by atoms with E-state index >= 15 is 0 Å². The maximum Gasteiger partial charge on any atom is 0.501 e. The fraction of sp³-hybridized carbons (Fsp3) is 0. The molecule has 4 N–H and O–H groups in total. The lowest BCUT2D eigenvalue weighted by Crippen LogP contribution is -2.29. The minimum Gasteiger partial charge on any atom is -0.423 e. The Hall–Kier alpha value is -0.685. The SMILES string of the molecule is Nc1c(B(O)O)sc2cccc(S)c12. The second-order valence-corrected chi connectivity index (χ2v) is 4.47. The zero-order valence-electron chi connectivity index (χ0n) is 7.14. The molecule has 0 saturated heterocycles. The molecule has 0 saturated carbocycles. The van der Waals surface area contributed by atoms with Crippen LogP contribution in [0.2, 0.25) is 0 Å². The number of anilines is 1. The fourth-order valence-corrected chi connectivity index (χ4v) is 2.79. The zero-order valence-corrected chi connectivity index (χ0v) is 8.85. The first-order valence-corrected chi connectivity index (χ1v) is 5.23. The molecule has 0 fully saturated rings. The number of thiol groups is 1. The van der Waals surface area contributed by atoms with Crippen molar-refractivity contribution in [2.45, 2.75) is 4.90 Å². The number of nitrogens with two attached hydrogens (primary N) is 1. The summed E-state index contributed by atoms with van der Waals surface area (Å²) in [5, 5.41) is 18.9. The van der Waals surface area contributed by atoms with Crippen LogP contribution in [0, 0.1) is 0 Å². The van der Waals surface area contributed by atoms with Gasteiger partial charge in [-0.1, -0.05) is 6.07 Å². The Morgan fingerprint density at radius 1 is 1.36 bits per heavy atom. The maximum absolute atomic E-state index is 9.06. The second kappa shape index (κ2) is 3.47. The molecule has 2 rings (SSSR count). The average molecular weight is 225 g/mol. The van der Waals surface area contributed by atoms with Crippen molar-refractivity contribution in [3.8, 4) is 0 Å². The largest absolute Gasteiger partial charge is 0.501 e. The molecule has 1 heterocycles. The summed E-state index contributed by atoms with van der Waals surface area (Å²) >= 11 is 5.54. The number of hydrogen-bond acceptors (Lipinski definition) is 5. The molecule has 72 valence electrons. The van der Waals surface area contributed by atoms with Crippen molar-refractivity contribution in [2.24, 2.45) is 0 Å². The molecule has 0 atom stereocenters. The first-order chi connectivity index (χ1) is 6.61. The Balaban J connectivity index is 2.81. The lowest BCUT2D eigenvalue weighted by atomic mass is 9.88. The highest BCUT2D eigenvalue weighted by atomic mass is 32.1. The molecule has 0 radical (unpaired) electrons. The van der Waals surface area contributed by atoms with Crippen LogP contribution in [-0.2, 0) is 0 Å². The summed E-state index contributed by atoms with van der Waals surface area (Å²) in [6.45, 7) is 0. The lowest BCUT2D eigenvalue weighted by Gasteiger charge is -1.97. The van der Waals surface area contributed by atoms with Crippen molar-refractivity contribution in [1.82, 2.24) is 0 Å². The molecule has 0 spiro atoms. The quantitative estimate of drug-likeness (QED) is 0.421. The van der Waals surface area contributed by atoms with Gasteiger partial charge in [0, 0.05) is 15.0 Å². The van der Waals surface area contributed by atoms with Gasteiger partial charge in [0.15, 0.2) is 0 Å². The van der Waals surface area contributed by atoms with Crippen molar-refractivity contribution >= 4 is 51.6 Å². The van der Waals surface area contributed by atoms with Crippen LogP contribution in [0.15, 0.2) is 23.1 Å². The van der Waals surface area contributed by atoms with E-state index in [0.717, 1.165) is 15.0 Å². The van der Waals surface area contributed by atoms with Gasteiger partial charge in [-0.05, 0) is 12.1 Å². The molecule has 1 aromatic carbocycles. The van der Waals surface area contributed by atoms with Crippen LogP contribution < -0.4 is 10.5 Å². The summed E-state index contributed by atoms with van der Waals surface area (Å²) in [7, 11) is -1.51. The third-order valence-corrected chi connectivity index (χ3v) is 3.58. The maximum atomic E-state index is 9.06. The van der Waals surface area contributed by atoms with E-state index in [1.54, 1.807) is 0 Å². The molecule has 0 aliphatic rings. The van der Waals surface area contributed by atoms with E-state index in [0.29, 0.717) is 10.5 Å². The number of nitrogen functional groups attached to an aromatic ring is 1. The normalized spacial score (nSPS) is 10.8. The van der Waals surface area contributed by atoms with E-state index in [1.807, 2.05) is 18.2 Å². The summed E-state index contributed by atoms with van der Waals surface area (Å²) in [6.07, 6.45) is 0. The highest BCUT2D eigenvalue weighted by Crippen LogP contribution is 2.31. The number of benzene rings is 1. The van der Waals surface area contributed by atoms with Gasteiger partial charge in [-0.3, -0.25) is 0 Å². The lowest BCUT2D eigenvalue weighted by molar-refractivity contribution is 0.427. The van der Waals surface area contributed by atoms with E-state index in [9.17, 15) is 0 Å². The summed E-state index contributed by atoms with van der Waals surface area (Å²) in [5.41, 5.74) is 6.19. The summed E-state index contributed by atoms with van der Waals surface area (Å²) in [5.74, 6) is 0. The Bertz CT molecular complexity index is 483. The third-order valence-electron chi connectivity index (χ3n) is 1.99. The van der Waals surface area contributed by atoms with E-state index in [2.05, 4.69) is 12.6 Å². The van der Waals surface area contributed by atoms with Gasteiger partial charge in [0.25, 0.3) is 0 Å². The Morgan fingerprint density at radius 3 is 2.64 bits per heavy atom. The van der Waals surface area contributed by atoms with Crippen LogP contribution in [0.5, 0.6) is 0 Å². The van der Waals surface area contributed by atoms with Gasteiger partial charge >= 0.3 is 7.12 Å². The Kier molecular flexibility index (Phi) is 2.44. The first-order valence-electron chi connectivity index (χ1n) is 3.97. The summed E-state index contributed by atoms with van der Waals surface area (Å²) in [4.78, 5) is 0.753. The molecule has 2 aromatic rings. The van der Waals surface area contributed by atoms with Gasteiger partial charge in [-0.2, -0.15) is 0 Å². The van der Waals surface area contributed by atoms with Crippen molar-refractivity contribution in [3.63, 3.8) is 0 Å². The number of hydrogen-bond donors (Lipinski definition) is 4. The van der Waals surface area contributed by atoms with Gasteiger partial charge in [0.05, 0.1) is 10.5 Å². The molecule has 0 aliphatic carbocycles. The van der Waals surface area contributed by atoms with Crippen LogP contribution in [0.25, 0.3) is 10.1 Å². The molecule has 6 heteroatoms. The molecule has 0 unspecified atom stereocenters. The van der Waals surface area contributed by atoms with Gasteiger partial charge in [-0.25, -0.2) is 0 Å². The molecule has 0 aliphatic heterocycles. The van der Waals surface area contributed by atoms with Crippen molar-refractivity contribution in [2.75, 3.05) is 5.73 Å². The molecule has 3 nitrogen and oxygen atoms in total. The zero-order chi connectivity index (χ0) is 10.3. The number of thiophene rings is 1. The monoisotopic (exact) mass is 225 g/mol. The van der Waals surface area contributed by atoms with Gasteiger partial charge in [0.2, 0.25) is 0 Å². The van der Waals surface area contributed by atoms with E-state index in [-0.39, 0.29) is 0 Å². The average Bonchev–Trinajstić information content (AvgIpc) is 2.45. The van der Waals surface area contributed by atoms with Gasteiger partial charge in [0.1, 0.15) is 0 Å². The molecule has 0 bridgehead atoms. The minimum atomic E-state index is -1.51. The van der Waals surface area contributed by atoms with Gasteiger partial charge < -0.3 is 15.8 Å². The molecular formula is C8H8BNO2S2. The molecule has 14 heavy (non-hydrogen) atoms. The molecule has 1 aromatic heterocycles.